The second-order valence-electron chi connectivity index (χ2n) is 5.21. The van der Waals surface area contributed by atoms with Gasteiger partial charge in [-0.3, -0.25) is 0 Å². The smallest absolute Gasteiger partial charge is 0.0765 e. The van der Waals surface area contributed by atoms with Gasteiger partial charge in [-0.2, -0.15) is 0 Å². The molecule has 0 heterocycles. The molecule has 1 aromatic carbocycles. The Morgan fingerprint density at radius 1 is 1.39 bits per heavy atom. The fourth-order valence-electron chi connectivity index (χ4n) is 1.87. The zero-order chi connectivity index (χ0) is 13.9. The van der Waals surface area contributed by atoms with Crippen LogP contribution in [0.3, 0.4) is 0 Å². The molecule has 0 saturated heterocycles. The maximum atomic E-state index is 9.89. The van der Waals surface area contributed by atoms with E-state index in [2.05, 4.69) is 0 Å². The second kappa shape index (κ2) is 5.91. The standard InChI is InChI=1S/C14H22ClNO2/c1-5-16(9-14(3,4)18)13-7-6-11(10(2)17)8-12(13)15/h6-8,10,17-18H,5,9H2,1-4H3/t10-/m0/s1. The van der Waals surface area contributed by atoms with E-state index in [0.717, 1.165) is 17.8 Å². The molecular formula is C14H22ClNO2. The van der Waals surface area contributed by atoms with E-state index in [9.17, 15) is 10.2 Å². The SMILES string of the molecule is CCN(CC(C)(C)O)c1ccc([C@H](C)O)cc1Cl. The molecule has 0 unspecified atom stereocenters. The number of benzene rings is 1. The van der Waals surface area contributed by atoms with Crippen LogP contribution >= 0.6 is 11.6 Å². The molecule has 1 atom stereocenters. The van der Waals surface area contributed by atoms with E-state index in [1.165, 1.54) is 0 Å². The Hall–Kier alpha value is -0.770. The second-order valence-corrected chi connectivity index (χ2v) is 5.62. The van der Waals surface area contributed by atoms with E-state index in [1.54, 1.807) is 26.8 Å². The Morgan fingerprint density at radius 2 is 2.00 bits per heavy atom. The summed E-state index contributed by atoms with van der Waals surface area (Å²) in [5.74, 6) is 0. The van der Waals surface area contributed by atoms with Crippen LogP contribution in [0.5, 0.6) is 0 Å². The zero-order valence-corrected chi connectivity index (χ0v) is 12.2. The number of rotatable bonds is 5. The summed E-state index contributed by atoms with van der Waals surface area (Å²) in [7, 11) is 0. The van der Waals surface area contributed by atoms with Crippen LogP contribution in [0.2, 0.25) is 5.02 Å². The molecule has 0 spiro atoms. The molecule has 3 nitrogen and oxygen atoms in total. The first-order valence-electron chi connectivity index (χ1n) is 6.19. The van der Waals surface area contributed by atoms with E-state index < -0.39 is 11.7 Å². The van der Waals surface area contributed by atoms with E-state index in [1.807, 2.05) is 24.0 Å². The average molecular weight is 272 g/mol. The average Bonchev–Trinajstić information content (AvgIpc) is 2.24. The molecule has 0 aliphatic heterocycles. The van der Waals surface area contributed by atoms with Crippen molar-refractivity contribution >= 4 is 17.3 Å². The van der Waals surface area contributed by atoms with Gasteiger partial charge in [-0.05, 0) is 45.4 Å². The van der Waals surface area contributed by atoms with Crippen LogP contribution in [0.25, 0.3) is 0 Å². The molecule has 2 N–H and O–H groups in total. The lowest BCUT2D eigenvalue weighted by Crippen LogP contribution is -2.38. The third-order valence-corrected chi connectivity index (χ3v) is 3.06. The molecule has 0 bridgehead atoms. The summed E-state index contributed by atoms with van der Waals surface area (Å²) >= 11 is 6.24. The van der Waals surface area contributed by atoms with Gasteiger partial charge >= 0.3 is 0 Å². The Labute approximate surface area is 114 Å². The van der Waals surface area contributed by atoms with Gasteiger partial charge in [0.05, 0.1) is 22.4 Å². The summed E-state index contributed by atoms with van der Waals surface area (Å²) in [5, 5.41) is 20.0. The number of likely N-dealkylation sites (N-methyl/N-ethyl adjacent to an activating group) is 1. The number of aliphatic hydroxyl groups is 2. The highest BCUT2D eigenvalue weighted by Crippen LogP contribution is 2.29. The Morgan fingerprint density at radius 3 is 2.39 bits per heavy atom. The van der Waals surface area contributed by atoms with Gasteiger partial charge in [0.15, 0.2) is 0 Å². The minimum atomic E-state index is -0.776. The fourth-order valence-corrected chi connectivity index (χ4v) is 2.18. The maximum absolute atomic E-state index is 9.89. The molecule has 1 rings (SSSR count). The van der Waals surface area contributed by atoms with Crippen LogP contribution in [0, 0.1) is 0 Å². The van der Waals surface area contributed by atoms with Crippen LogP contribution in [0.15, 0.2) is 18.2 Å². The normalized spacial score (nSPS) is 13.5. The molecule has 0 aliphatic carbocycles. The molecular weight excluding hydrogens is 250 g/mol. The van der Waals surface area contributed by atoms with Crippen molar-refractivity contribution < 1.29 is 10.2 Å². The van der Waals surface area contributed by atoms with Crippen LogP contribution < -0.4 is 4.90 Å². The molecule has 0 radical (unpaired) electrons. The molecule has 1 aromatic rings. The highest BCUT2D eigenvalue weighted by molar-refractivity contribution is 6.33. The monoisotopic (exact) mass is 271 g/mol. The lowest BCUT2D eigenvalue weighted by molar-refractivity contribution is 0.0876. The minimum Gasteiger partial charge on any atom is -0.389 e. The molecule has 18 heavy (non-hydrogen) atoms. The number of anilines is 1. The van der Waals surface area contributed by atoms with Gasteiger partial charge in [0.25, 0.3) is 0 Å². The van der Waals surface area contributed by atoms with Gasteiger partial charge in [0.1, 0.15) is 0 Å². The summed E-state index contributed by atoms with van der Waals surface area (Å²) < 4.78 is 0. The number of hydrogen-bond acceptors (Lipinski definition) is 3. The number of hydrogen-bond donors (Lipinski definition) is 2. The van der Waals surface area contributed by atoms with Crippen molar-refractivity contribution in [2.75, 3.05) is 18.0 Å². The van der Waals surface area contributed by atoms with Gasteiger partial charge < -0.3 is 15.1 Å². The Kier molecular flexibility index (Phi) is 5.02. The number of nitrogens with zero attached hydrogens (tertiary/aromatic N) is 1. The number of halogens is 1. The molecule has 102 valence electrons. The van der Waals surface area contributed by atoms with Crippen molar-refractivity contribution in [1.82, 2.24) is 0 Å². The van der Waals surface area contributed by atoms with E-state index in [4.69, 9.17) is 11.6 Å². The third-order valence-electron chi connectivity index (χ3n) is 2.75. The van der Waals surface area contributed by atoms with Crippen LogP contribution in [-0.4, -0.2) is 28.9 Å². The highest BCUT2D eigenvalue weighted by Gasteiger charge is 2.19. The van der Waals surface area contributed by atoms with Crippen LogP contribution in [0.1, 0.15) is 39.4 Å². The molecule has 0 fully saturated rings. The van der Waals surface area contributed by atoms with E-state index >= 15 is 0 Å². The quantitative estimate of drug-likeness (QED) is 0.865. The van der Waals surface area contributed by atoms with Gasteiger partial charge in [0, 0.05) is 13.1 Å². The topological polar surface area (TPSA) is 43.7 Å². The van der Waals surface area contributed by atoms with E-state index in [0.29, 0.717) is 11.6 Å². The molecule has 0 amide bonds. The van der Waals surface area contributed by atoms with Crippen molar-refractivity contribution in [2.24, 2.45) is 0 Å². The van der Waals surface area contributed by atoms with Gasteiger partial charge in [0.2, 0.25) is 0 Å². The van der Waals surface area contributed by atoms with Crippen molar-refractivity contribution in [3.8, 4) is 0 Å². The molecule has 0 aliphatic rings. The zero-order valence-electron chi connectivity index (χ0n) is 11.4. The minimum absolute atomic E-state index is 0.511. The van der Waals surface area contributed by atoms with Crippen LogP contribution in [0.4, 0.5) is 5.69 Å². The number of aliphatic hydroxyl groups excluding tert-OH is 1. The van der Waals surface area contributed by atoms with E-state index in [-0.39, 0.29) is 0 Å². The van der Waals surface area contributed by atoms with Gasteiger partial charge in [-0.25, -0.2) is 0 Å². The van der Waals surface area contributed by atoms with Crippen LogP contribution in [-0.2, 0) is 0 Å². The van der Waals surface area contributed by atoms with Crippen molar-refractivity contribution in [2.45, 2.75) is 39.4 Å². The summed E-state index contributed by atoms with van der Waals surface area (Å²) in [6.45, 7) is 8.54. The Balaban J connectivity index is 3.00. The molecule has 0 aromatic heterocycles. The lowest BCUT2D eigenvalue weighted by Gasteiger charge is -2.30. The van der Waals surface area contributed by atoms with Gasteiger partial charge in [-0.1, -0.05) is 17.7 Å². The summed E-state index contributed by atoms with van der Waals surface area (Å²) in [5.41, 5.74) is 0.899. The highest BCUT2D eigenvalue weighted by atomic mass is 35.5. The summed E-state index contributed by atoms with van der Waals surface area (Å²) in [4.78, 5) is 2.02. The lowest BCUT2D eigenvalue weighted by atomic mass is 10.1. The first-order valence-corrected chi connectivity index (χ1v) is 6.57. The molecule has 0 saturated carbocycles. The largest absolute Gasteiger partial charge is 0.389 e. The predicted octanol–water partition coefficient (Wildman–Crippen LogP) is 2.99. The first-order chi connectivity index (χ1) is 8.24. The summed E-state index contributed by atoms with van der Waals surface area (Å²) in [6, 6.07) is 5.52. The van der Waals surface area contributed by atoms with Crippen molar-refractivity contribution in [3.05, 3.63) is 28.8 Å². The maximum Gasteiger partial charge on any atom is 0.0765 e. The Bertz CT molecular complexity index is 399. The molecule has 4 heteroatoms. The fraction of sp³-hybridized carbons (Fsp3) is 0.571. The first kappa shape index (κ1) is 15.3. The van der Waals surface area contributed by atoms with Crippen molar-refractivity contribution in [1.29, 1.82) is 0 Å². The summed E-state index contributed by atoms with van der Waals surface area (Å²) in [6.07, 6.45) is -0.527. The predicted molar refractivity (Wildman–Crippen MR) is 76.3 cm³/mol. The third kappa shape index (κ3) is 4.16. The van der Waals surface area contributed by atoms with Crippen molar-refractivity contribution in [3.63, 3.8) is 0 Å². The van der Waals surface area contributed by atoms with Gasteiger partial charge in [-0.15, -0.1) is 0 Å².